The molecule has 0 radical (unpaired) electrons. The first-order valence-electron chi connectivity index (χ1n) is 6.77. The van der Waals surface area contributed by atoms with E-state index in [4.69, 9.17) is 0 Å². The molecule has 1 aliphatic heterocycles. The van der Waals surface area contributed by atoms with Gasteiger partial charge >= 0.3 is 0 Å². The highest BCUT2D eigenvalue weighted by Crippen LogP contribution is 2.10. The first-order valence-corrected chi connectivity index (χ1v) is 8.39. The highest BCUT2D eigenvalue weighted by molar-refractivity contribution is 7.84. The number of hydrogen-bond donors (Lipinski definition) is 1. The summed E-state index contributed by atoms with van der Waals surface area (Å²) in [4.78, 5) is 2.49. The van der Waals surface area contributed by atoms with Crippen LogP contribution >= 0.6 is 0 Å². The standard InChI is InChI=1S/C13H28N2OS/c1-11(2)8-13-10-15(7-5-6-14-13)9-12(3)17(4)16/h11-14H,5-10H2,1-4H3. The van der Waals surface area contributed by atoms with E-state index in [2.05, 4.69) is 31.0 Å². The normalized spacial score (nSPS) is 26.8. The fourth-order valence-electron chi connectivity index (χ4n) is 2.44. The van der Waals surface area contributed by atoms with Gasteiger partial charge < -0.3 is 10.2 Å². The summed E-state index contributed by atoms with van der Waals surface area (Å²) in [5.74, 6) is 0.741. The van der Waals surface area contributed by atoms with Gasteiger partial charge in [-0.05, 0) is 38.8 Å². The Morgan fingerprint density at radius 1 is 1.41 bits per heavy atom. The minimum atomic E-state index is -0.702. The van der Waals surface area contributed by atoms with Crippen LogP contribution in [0.25, 0.3) is 0 Å². The third-order valence-corrected chi connectivity index (χ3v) is 4.68. The van der Waals surface area contributed by atoms with Gasteiger partial charge in [-0.2, -0.15) is 0 Å². The van der Waals surface area contributed by atoms with Gasteiger partial charge in [-0.1, -0.05) is 13.8 Å². The van der Waals surface area contributed by atoms with E-state index >= 15 is 0 Å². The molecule has 3 atom stereocenters. The first kappa shape index (κ1) is 15.1. The molecule has 1 aliphatic rings. The molecule has 17 heavy (non-hydrogen) atoms. The molecule has 0 spiro atoms. The molecule has 0 amide bonds. The Hall–Kier alpha value is 0.0700. The molecule has 0 bridgehead atoms. The number of nitrogens with zero attached hydrogens (tertiary/aromatic N) is 1. The van der Waals surface area contributed by atoms with Crippen LogP contribution in [0.15, 0.2) is 0 Å². The molecule has 3 nitrogen and oxygen atoms in total. The highest BCUT2D eigenvalue weighted by atomic mass is 32.2. The van der Waals surface area contributed by atoms with Gasteiger partial charge in [-0.25, -0.2) is 0 Å². The van der Waals surface area contributed by atoms with Crippen molar-refractivity contribution in [2.75, 3.05) is 32.4 Å². The molecule has 0 aliphatic carbocycles. The summed E-state index contributed by atoms with van der Waals surface area (Å²) in [5, 5.41) is 3.91. The maximum absolute atomic E-state index is 11.4. The van der Waals surface area contributed by atoms with Gasteiger partial charge in [0.25, 0.3) is 0 Å². The minimum Gasteiger partial charge on any atom is -0.313 e. The summed E-state index contributed by atoms with van der Waals surface area (Å²) in [7, 11) is -0.702. The molecule has 0 aromatic heterocycles. The second-order valence-electron chi connectivity index (χ2n) is 5.70. The van der Waals surface area contributed by atoms with Gasteiger partial charge in [0.2, 0.25) is 0 Å². The predicted molar refractivity (Wildman–Crippen MR) is 75.8 cm³/mol. The van der Waals surface area contributed by atoms with Gasteiger partial charge in [-0.3, -0.25) is 4.21 Å². The zero-order chi connectivity index (χ0) is 12.8. The largest absolute Gasteiger partial charge is 0.313 e. The highest BCUT2D eigenvalue weighted by Gasteiger charge is 2.20. The van der Waals surface area contributed by atoms with Gasteiger partial charge in [0.1, 0.15) is 0 Å². The van der Waals surface area contributed by atoms with E-state index in [-0.39, 0.29) is 5.25 Å². The minimum absolute atomic E-state index is 0.285. The van der Waals surface area contributed by atoms with E-state index in [0.717, 1.165) is 32.1 Å². The van der Waals surface area contributed by atoms with E-state index < -0.39 is 10.8 Å². The van der Waals surface area contributed by atoms with Crippen LogP contribution in [0.3, 0.4) is 0 Å². The van der Waals surface area contributed by atoms with E-state index in [1.165, 1.54) is 12.8 Å². The van der Waals surface area contributed by atoms with E-state index in [0.29, 0.717) is 6.04 Å². The summed E-state index contributed by atoms with van der Waals surface area (Å²) in [6.45, 7) is 11.0. The van der Waals surface area contributed by atoms with Crippen molar-refractivity contribution in [3.8, 4) is 0 Å². The Morgan fingerprint density at radius 3 is 2.71 bits per heavy atom. The Morgan fingerprint density at radius 2 is 2.12 bits per heavy atom. The fourth-order valence-corrected chi connectivity index (χ4v) is 2.86. The molecule has 1 heterocycles. The van der Waals surface area contributed by atoms with Crippen molar-refractivity contribution >= 4 is 10.8 Å². The van der Waals surface area contributed by atoms with Crippen molar-refractivity contribution in [2.45, 2.75) is 44.9 Å². The van der Waals surface area contributed by atoms with Crippen LogP contribution in [-0.2, 0) is 10.8 Å². The summed E-state index contributed by atoms with van der Waals surface area (Å²) < 4.78 is 11.4. The number of rotatable bonds is 5. The molecule has 3 unspecified atom stereocenters. The SMILES string of the molecule is CC(C)CC1CN(CC(C)S(C)=O)CCCN1. The van der Waals surface area contributed by atoms with Crippen LogP contribution in [-0.4, -0.2) is 52.8 Å². The van der Waals surface area contributed by atoms with Crippen LogP contribution in [0, 0.1) is 5.92 Å². The molecule has 4 heteroatoms. The third kappa shape index (κ3) is 5.98. The van der Waals surface area contributed by atoms with Crippen LogP contribution < -0.4 is 5.32 Å². The smallest absolute Gasteiger partial charge is 0.0444 e. The second-order valence-corrected chi connectivity index (χ2v) is 7.50. The number of nitrogens with one attached hydrogen (secondary N) is 1. The number of hydrogen-bond acceptors (Lipinski definition) is 3. The second kappa shape index (κ2) is 7.49. The molecule has 1 saturated heterocycles. The Bertz CT molecular complexity index is 246. The molecule has 102 valence electrons. The third-order valence-electron chi connectivity index (χ3n) is 3.40. The molecular weight excluding hydrogens is 232 g/mol. The van der Waals surface area contributed by atoms with Crippen LogP contribution in [0.4, 0.5) is 0 Å². The maximum Gasteiger partial charge on any atom is 0.0444 e. The molecular formula is C13H28N2OS. The van der Waals surface area contributed by atoms with Gasteiger partial charge in [0, 0.05) is 41.4 Å². The molecule has 1 rings (SSSR count). The van der Waals surface area contributed by atoms with Crippen molar-refractivity contribution in [1.82, 2.24) is 10.2 Å². The Labute approximate surface area is 109 Å². The lowest BCUT2D eigenvalue weighted by atomic mass is 10.0. The first-order chi connectivity index (χ1) is 7.99. The quantitative estimate of drug-likeness (QED) is 0.812. The average molecular weight is 260 g/mol. The van der Waals surface area contributed by atoms with Gasteiger partial charge in [0.05, 0.1) is 0 Å². The summed E-state index contributed by atoms with van der Waals surface area (Å²) in [6.07, 6.45) is 4.25. The summed E-state index contributed by atoms with van der Waals surface area (Å²) >= 11 is 0. The van der Waals surface area contributed by atoms with Crippen molar-refractivity contribution < 1.29 is 4.21 Å². The molecule has 0 aromatic carbocycles. The topological polar surface area (TPSA) is 32.3 Å². The predicted octanol–water partition coefficient (Wildman–Crippen LogP) is 1.46. The zero-order valence-corrected chi connectivity index (χ0v) is 12.6. The van der Waals surface area contributed by atoms with Crippen LogP contribution in [0.2, 0.25) is 0 Å². The summed E-state index contributed by atoms with van der Waals surface area (Å²) in [6, 6.07) is 0.606. The van der Waals surface area contributed by atoms with Crippen molar-refractivity contribution in [2.24, 2.45) is 5.92 Å². The molecule has 0 aromatic rings. The van der Waals surface area contributed by atoms with Crippen molar-refractivity contribution in [1.29, 1.82) is 0 Å². The van der Waals surface area contributed by atoms with E-state index in [1.807, 2.05) is 6.26 Å². The molecule has 1 N–H and O–H groups in total. The molecule has 1 fully saturated rings. The Kier molecular flexibility index (Phi) is 6.67. The van der Waals surface area contributed by atoms with Crippen molar-refractivity contribution in [3.63, 3.8) is 0 Å². The van der Waals surface area contributed by atoms with Gasteiger partial charge in [-0.15, -0.1) is 0 Å². The monoisotopic (exact) mass is 260 g/mol. The zero-order valence-electron chi connectivity index (χ0n) is 11.7. The van der Waals surface area contributed by atoms with Crippen LogP contribution in [0.5, 0.6) is 0 Å². The summed E-state index contributed by atoms with van der Waals surface area (Å²) in [5.41, 5.74) is 0. The fraction of sp³-hybridized carbons (Fsp3) is 1.00. The Balaban J connectivity index is 2.45. The van der Waals surface area contributed by atoms with E-state index in [1.54, 1.807) is 0 Å². The average Bonchev–Trinajstić information content (AvgIpc) is 2.42. The van der Waals surface area contributed by atoms with E-state index in [9.17, 15) is 4.21 Å². The maximum atomic E-state index is 11.4. The van der Waals surface area contributed by atoms with Crippen molar-refractivity contribution in [3.05, 3.63) is 0 Å². The lowest BCUT2D eigenvalue weighted by Crippen LogP contribution is -2.41. The molecule has 0 saturated carbocycles. The lowest BCUT2D eigenvalue weighted by molar-refractivity contribution is 0.257. The lowest BCUT2D eigenvalue weighted by Gasteiger charge is -2.27. The van der Waals surface area contributed by atoms with Gasteiger partial charge in [0.15, 0.2) is 0 Å². The van der Waals surface area contributed by atoms with Crippen LogP contribution in [0.1, 0.15) is 33.6 Å².